The summed E-state index contributed by atoms with van der Waals surface area (Å²) in [7, 11) is -2.02. The quantitative estimate of drug-likeness (QED) is 0.608. The van der Waals surface area contributed by atoms with Crippen LogP contribution in [0.25, 0.3) is 0 Å². The number of carboxylic acid groups (broad SMARTS) is 1. The fraction of sp³-hybridized carbons (Fsp3) is 0.818. The number of amides is 2. The standard InChI is InChI=1S/C11H21N3O5S/c1-12-20(18,19)6-4-13-11(17)14-5-2-3-9(8-14)7-10(15)16/h9,12H,2-8H2,1H3,(H,13,17)(H,15,16). The Labute approximate surface area is 118 Å². The molecule has 20 heavy (non-hydrogen) atoms. The maximum Gasteiger partial charge on any atom is 0.317 e. The van der Waals surface area contributed by atoms with Crippen LogP contribution in [0.3, 0.4) is 0 Å². The molecule has 2 amide bonds. The number of carboxylic acids is 1. The van der Waals surface area contributed by atoms with Gasteiger partial charge in [0.05, 0.1) is 5.75 Å². The maximum atomic E-state index is 11.9. The number of rotatable bonds is 6. The molecule has 1 fully saturated rings. The van der Waals surface area contributed by atoms with Crippen molar-refractivity contribution < 1.29 is 23.1 Å². The summed E-state index contributed by atoms with van der Waals surface area (Å²) in [6, 6.07) is -0.341. The zero-order chi connectivity index (χ0) is 15.2. The summed E-state index contributed by atoms with van der Waals surface area (Å²) in [5, 5.41) is 11.3. The molecule has 3 N–H and O–H groups in total. The minimum Gasteiger partial charge on any atom is -0.481 e. The predicted octanol–water partition coefficient (Wildman–Crippen LogP) is -0.568. The van der Waals surface area contributed by atoms with E-state index < -0.39 is 16.0 Å². The van der Waals surface area contributed by atoms with Gasteiger partial charge in [0.2, 0.25) is 10.0 Å². The zero-order valence-corrected chi connectivity index (χ0v) is 12.3. The van der Waals surface area contributed by atoms with Crippen LogP contribution in [-0.4, -0.2) is 62.9 Å². The zero-order valence-electron chi connectivity index (χ0n) is 11.5. The molecule has 116 valence electrons. The Morgan fingerprint density at radius 3 is 2.70 bits per heavy atom. The lowest BCUT2D eigenvalue weighted by Gasteiger charge is -2.32. The molecule has 0 aromatic heterocycles. The lowest BCUT2D eigenvalue weighted by atomic mass is 9.95. The number of carbonyl (C=O) groups is 2. The highest BCUT2D eigenvalue weighted by molar-refractivity contribution is 7.89. The van der Waals surface area contributed by atoms with Crippen LogP contribution in [0.2, 0.25) is 0 Å². The van der Waals surface area contributed by atoms with Gasteiger partial charge in [-0.3, -0.25) is 4.79 Å². The van der Waals surface area contributed by atoms with E-state index in [0.717, 1.165) is 12.8 Å². The second-order valence-corrected chi connectivity index (χ2v) is 6.85. The number of nitrogens with one attached hydrogen (secondary N) is 2. The average Bonchev–Trinajstić information content (AvgIpc) is 2.38. The number of hydrogen-bond donors (Lipinski definition) is 3. The van der Waals surface area contributed by atoms with Crippen molar-refractivity contribution in [2.45, 2.75) is 19.3 Å². The third-order valence-electron chi connectivity index (χ3n) is 3.23. The van der Waals surface area contributed by atoms with E-state index in [4.69, 9.17) is 5.11 Å². The van der Waals surface area contributed by atoms with Gasteiger partial charge in [-0.25, -0.2) is 17.9 Å². The van der Waals surface area contributed by atoms with Crippen molar-refractivity contribution in [1.82, 2.24) is 14.9 Å². The summed E-state index contributed by atoms with van der Waals surface area (Å²) in [5.41, 5.74) is 0. The number of urea groups is 1. The first kappa shape index (κ1) is 16.7. The van der Waals surface area contributed by atoms with Crippen LogP contribution in [0.4, 0.5) is 4.79 Å². The summed E-state index contributed by atoms with van der Waals surface area (Å²) in [4.78, 5) is 24.1. The van der Waals surface area contributed by atoms with Gasteiger partial charge in [-0.05, 0) is 25.8 Å². The van der Waals surface area contributed by atoms with Crippen molar-refractivity contribution in [3.05, 3.63) is 0 Å². The fourth-order valence-corrected chi connectivity index (χ4v) is 2.74. The van der Waals surface area contributed by atoms with E-state index in [1.807, 2.05) is 0 Å². The summed E-state index contributed by atoms with van der Waals surface area (Å²) in [6.07, 6.45) is 1.61. The number of aliphatic carboxylic acids is 1. The smallest absolute Gasteiger partial charge is 0.317 e. The summed E-state index contributed by atoms with van der Waals surface area (Å²) in [6.45, 7) is 1.000. The van der Waals surface area contributed by atoms with E-state index in [0.29, 0.717) is 13.1 Å². The number of likely N-dealkylation sites (tertiary alicyclic amines) is 1. The monoisotopic (exact) mass is 307 g/mol. The molecule has 1 aliphatic heterocycles. The lowest BCUT2D eigenvalue weighted by Crippen LogP contribution is -2.47. The van der Waals surface area contributed by atoms with Crippen LogP contribution < -0.4 is 10.0 Å². The van der Waals surface area contributed by atoms with E-state index in [9.17, 15) is 18.0 Å². The molecule has 1 unspecified atom stereocenters. The molecule has 0 radical (unpaired) electrons. The third-order valence-corrected chi connectivity index (χ3v) is 4.59. The maximum absolute atomic E-state index is 11.9. The van der Waals surface area contributed by atoms with Gasteiger partial charge in [0.15, 0.2) is 0 Å². The molecule has 0 spiro atoms. The number of piperidine rings is 1. The minimum absolute atomic E-state index is 0.0299. The fourth-order valence-electron chi connectivity index (χ4n) is 2.17. The molecule has 0 bridgehead atoms. The van der Waals surface area contributed by atoms with E-state index in [1.54, 1.807) is 4.90 Å². The second kappa shape index (κ2) is 7.44. The van der Waals surface area contributed by atoms with Crippen molar-refractivity contribution in [3.8, 4) is 0 Å². The van der Waals surface area contributed by atoms with Crippen LogP contribution in [0.1, 0.15) is 19.3 Å². The Kier molecular flexibility index (Phi) is 6.21. The Hall–Kier alpha value is -1.35. The molecular formula is C11H21N3O5S. The van der Waals surface area contributed by atoms with Crippen molar-refractivity contribution in [2.24, 2.45) is 5.92 Å². The summed E-state index contributed by atoms with van der Waals surface area (Å²) in [5.74, 6) is -1.08. The molecule has 0 aliphatic carbocycles. The van der Waals surface area contributed by atoms with Gasteiger partial charge in [-0.1, -0.05) is 0 Å². The highest BCUT2D eigenvalue weighted by Gasteiger charge is 2.25. The van der Waals surface area contributed by atoms with Crippen LogP contribution in [0, 0.1) is 5.92 Å². The first-order valence-electron chi connectivity index (χ1n) is 6.50. The first-order valence-corrected chi connectivity index (χ1v) is 8.15. The summed E-state index contributed by atoms with van der Waals surface area (Å²) >= 11 is 0. The second-order valence-electron chi connectivity index (χ2n) is 4.81. The topological polar surface area (TPSA) is 116 Å². The molecule has 0 saturated carbocycles. The first-order chi connectivity index (χ1) is 9.34. The third kappa shape index (κ3) is 5.74. The molecule has 1 aliphatic rings. The number of sulfonamides is 1. The predicted molar refractivity (Wildman–Crippen MR) is 72.8 cm³/mol. The van der Waals surface area contributed by atoms with Crippen molar-refractivity contribution in [1.29, 1.82) is 0 Å². The highest BCUT2D eigenvalue weighted by Crippen LogP contribution is 2.19. The largest absolute Gasteiger partial charge is 0.481 e. The van der Waals surface area contributed by atoms with Gasteiger partial charge in [-0.2, -0.15) is 0 Å². The van der Waals surface area contributed by atoms with E-state index in [1.165, 1.54) is 7.05 Å². The van der Waals surface area contributed by atoms with Crippen molar-refractivity contribution >= 4 is 22.0 Å². The minimum atomic E-state index is -3.33. The Morgan fingerprint density at radius 1 is 1.40 bits per heavy atom. The Balaban J connectivity index is 2.37. The Bertz CT molecular complexity index is 451. The molecule has 0 aromatic rings. The molecule has 1 saturated heterocycles. The SMILES string of the molecule is CNS(=O)(=O)CCNC(=O)N1CCCC(CC(=O)O)C1. The van der Waals surface area contributed by atoms with Crippen molar-refractivity contribution in [3.63, 3.8) is 0 Å². The van der Waals surface area contributed by atoms with Crippen LogP contribution in [-0.2, 0) is 14.8 Å². The number of nitrogens with zero attached hydrogens (tertiary/aromatic N) is 1. The number of hydrogen-bond acceptors (Lipinski definition) is 4. The van der Waals surface area contributed by atoms with Gasteiger partial charge in [-0.15, -0.1) is 0 Å². The van der Waals surface area contributed by atoms with Gasteiger partial charge in [0.25, 0.3) is 0 Å². The van der Waals surface area contributed by atoms with E-state index in [2.05, 4.69) is 10.0 Å². The van der Waals surface area contributed by atoms with Crippen molar-refractivity contribution in [2.75, 3.05) is 32.4 Å². The average molecular weight is 307 g/mol. The molecule has 1 heterocycles. The van der Waals surface area contributed by atoms with Gasteiger partial charge in [0, 0.05) is 26.1 Å². The lowest BCUT2D eigenvalue weighted by molar-refractivity contribution is -0.138. The van der Waals surface area contributed by atoms with Crippen LogP contribution in [0.5, 0.6) is 0 Å². The molecule has 8 nitrogen and oxygen atoms in total. The number of carbonyl (C=O) groups excluding carboxylic acids is 1. The molecule has 0 aromatic carbocycles. The molecule has 1 atom stereocenters. The van der Waals surface area contributed by atoms with Gasteiger partial charge in [0.1, 0.15) is 0 Å². The Morgan fingerprint density at radius 2 is 2.10 bits per heavy atom. The van der Waals surface area contributed by atoms with Crippen LogP contribution in [0.15, 0.2) is 0 Å². The van der Waals surface area contributed by atoms with E-state index in [-0.39, 0.29) is 30.7 Å². The van der Waals surface area contributed by atoms with Crippen LogP contribution >= 0.6 is 0 Å². The van der Waals surface area contributed by atoms with Gasteiger partial charge < -0.3 is 15.3 Å². The molecule has 1 rings (SSSR count). The normalized spacial score (nSPS) is 19.6. The highest BCUT2D eigenvalue weighted by atomic mass is 32.2. The summed E-state index contributed by atoms with van der Waals surface area (Å²) < 4.78 is 24.5. The molecular weight excluding hydrogens is 286 g/mol. The van der Waals surface area contributed by atoms with Gasteiger partial charge >= 0.3 is 12.0 Å². The van der Waals surface area contributed by atoms with E-state index >= 15 is 0 Å². The molecule has 9 heteroatoms.